The molecule has 20 heavy (non-hydrogen) atoms. The molecule has 0 saturated carbocycles. The summed E-state index contributed by atoms with van der Waals surface area (Å²) in [6.45, 7) is 5.98. The van der Waals surface area contributed by atoms with Crippen molar-refractivity contribution < 1.29 is 4.79 Å². The molecular weight excluding hydrogens is 252 g/mol. The molecule has 5 heteroatoms. The topological polar surface area (TPSA) is 50.2 Å². The van der Waals surface area contributed by atoms with Gasteiger partial charge in [0.1, 0.15) is 5.69 Å². The molecule has 3 heterocycles. The maximum Gasteiger partial charge on any atom is 0.272 e. The lowest BCUT2D eigenvalue weighted by molar-refractivity contribution is 0.0486. The Morgan fingerprint density at radius 2 is 1.90 bits per heavy atom. The zero-order valence-electron chi connectivity index (χ0n) is 12.5. The van der Waals surface area contributed by atoms with Crippen LogP contribution in [0, 0.1) is 12.3 Å². The van der Waals surface area contributed by atoms with E-state index in [0.29, 0.717) is 11.1 Å². The van der Waals surface area contributed by atoms with Gasteiger partial charge in [0.05, 0.1) is 5.69 Å². The largest absolute Gasteiger partial charge is 0.337 e. The van der Waals surface area contributed by atoms with E-state index in [-0.39, 0.29) is 5.91 Å². The van der Waals surface area contributed by atoms with Gasteiger partial charge in [0.2, 0.25) is 0 Å². The van der Waals surface area contributed by atoms with E-state index in [1.807, 2.05) is 24.9 Å². The number of nitrogens with one attached hydrogen (secondary N) is 1. The highest BCUT2D eigenvalue weighted by atomic mass is 16.2. The van der Waals surface area contributed by atoms with E-state index in [4.69, 9.17) is 0 Å². The Morgan fingerprint density at radius 1 is 1.25 bits per heavy atom. The molecular formula is C15H24N4O. The predicted octanol–water partition coefficient (Wildman–Crippen LogP) is 1.33. The Labute approximate surface area is 120 Å². The number of piperidine rings is 2. The maximum absolute atomic E-state index is 12.6. The van der Waals surface area contributed by atoms with Crippen molar-refractivity contribution in [1.82, 2.24) is 20.0 Å². The van der Waals surface area contributed by atoms with E-state index in [9.17, 15) is 4.79 Å². The fourth-order valence-corrected chi connectivity index (χ4v) is 3.61. The monoisotopic (exact) mass is 276 g/mol. The smallest absolute Gasteiger partial charge is 0.272 e. The van der Waals surface area contributed by atoms with Crippen molar-refractivity contribution >= 4 is 5.91 Å². The SMILES string of the molecule is Cc1cc(C(=O)N2CCC3(CCNCC3)CC2)n(C)n1. The first-order chi connectivity index (χ1) is 9.60. The van der Waals surface area contributed by atoms with Gasteiger partial charge < -0.3 is 10.2 Å². The first-order valence-corrected chi connectivity index (χ1v) is 7.60. The molecule has 1 N–H and O–H groups in total. The Balaban J connectivity index is 1.66. The van der Waals surface area contributed by atoms with Crippen LogP contribution in [0.25, 0.3) is 0 Å². The number of hydrogen-bond donors (Lipinski definition) is 1. The summed E-state index contributed by atoms with van der Waals surface area (Å²) in [5, 5.41) is 7.71. The van der Waals surface area contributed by atoms with Crippen molar-refractivity contribution in [1.29, 1.82) is 0 Å². The molecule has 1 aromatic heterocycles. The highest BCUT2D eigenvalue weighted by molar-refractivity contribution is 5.92. The lowest BCUT2D eigenvalue weighted by Gasteiger charge is -2.44. The lowest BCUT2D eigenvalue weighted by atomic mass is 9.71. The number of carbonyl (C=O) groups is 1. The van der Waals surface area contributed by atoms with E-state index in [2.05, 4.69) is 10.4 Å². The van der Waals surface area contributed by atoms with Crippen LogP contribution in [0.4, 0.5) is 0 Å². The molecule has 1 aromatic rings. The average Bonchev–Trinajstić information content (AvgIpc) is 2.79. The minimum Gasteiger partial charge on any atom is -0.337 e. The minimum atomic E-state index is 0.136. The zero-order chi connectivity index (χ0) is 14.2. The Morgan fingerprint density at radius 3 is 2.45 bits per heavy atom. The number of hydrogen-bond acceptors (Lipinski definition) is 3. The van der Waals surface area contributed by atoms with Crippen molar-refractivity contribution in [3.63, 3.8) is 0 Å². The fourth-order valence-electron chi connectivity index (χ4n) is 3.61. The summed E-state index contributed by atoms with van der Waals surface area (Å²) >= 11 is 0. The van der Waals surface area contributed by atoms with E-state index in [1.54, 1.807) is 4.68 Å². The second-order valence-electron chi connectivity index (χ2n) is 6.34. The van der Waals surface area contributed by atoms with Gasteiger partial charge in [-0.1, -0.05) is 0 Å². The Hall–Kier alpha value is -1.36. The van der Waals surface area contributed by atoms with Gasteiger partial charge in [-0.05, 0) is 57.2 Å². The number of aryl methyl sites for hydroxylation is 2. The molecule has 1 spiro atoms. The van der Waals surface area contributed by atoms with Gasteiger partial charge >= 0.3 is 0 Å². The van der Waals surface area contributed by atoms with Crippen molar-refractivity contribution in [3.8, 4) is 0 Å². The van der Waals surface area contributed by atoms with Gasteiger partial charge in [-0.15, -0.1) is 0 Å². The van der Waals surface area contributed by atoms with Crippen molar-refractivity contribution in [2.24, 2.45) is 12.5 Å². The second-order valence-corrected chi connectivity index (χ2v) is 6.34. The number of nitrogens with zero attached hydrogens (tertiary/aromatic N) is 3. The summed E-state index contributed by atoms with van der Waals surface area (Å²) < 4.78 is 1.70. The van der Waals surface area contributed by atoms with Gasteiger partial charge in [-0.2, -0.15) is 5.10 Å². The quantitative estimate of drug-likeness (QED) is 0.842. The highest BCUT2D eigenvalue weighted by Gasteiger charge is 2.37. The molecule has 2 aliphatic rings. The second kappa shape index (κ2) is 5.20. The summed E-state index contributed by atoms with van der Waals surface area (Å²) in [5.41, 5.74) is 2.11. The van der Waals surface area contributed by atoms with Crippen LogP contribution in [-0.4, -0.2) is 46.8 Å². The molecule has 110 valence electrons. The third-order valence-electron chi connectivity index (χ3n) is 5.00. The van der Waals surface area contributed by atoms with Gasteiger partial charge in [0.25, 0.3) is 5.91 Å². The fraction of sp³-hybridized carbons (Fsp3) is 0.733. The molecule has 3 rings (SSSR count). The molecule has 0 bridgehead atoms. The molecule has 0 aromatic carbocycles. The third kappa shape index (κ3) is 2.46. The van der Waals surface area contributed by atoms with Crippen LogP contribution in [0.5, 0.6) is 0 Å². The highest BCUT2D eigenvalue weighted by Crippen LogP contribution is 2.39. The van der Waals surface area contributed by atoms with Crippen LogP contribution >= 0.6 is 0 Å². The number of rotatable bonds is 1. The summed E-state index contributed by atoms with van der Waals surface area (Å²) in [6, 6.07) is 1.89. The first-order valence-electron chi connectivity index (χ1n) is 7.60. The Bertz CT molecular complexity index is 492. The maximum atomic E-state index is 12.6. The van der Waals surface area contributed by atoms with Gasteiger partial charge in [-0.25, -0.2) is 0 Å². The number of carbonyl (C=O) groups excluding carboxylic acids is 1. The van der Waals surface area contributed by atoms with Crippen LogP contribution in [-0.2, 0) is 7.05 Å². The normalized spacial score (nSPS) is 22.2. The molecule has 0 atom stereocenters. The van der Waals surface area contributed by atoms with E-state index in [1.165, 1.54) is 12.8 Å². The molecule has 2 saturated heterocycles. The summed E-state index contributed by atoms with van der Waals surface area (Å²) in [6.07, 6.45) is 4.83. The van der Waals surface area contributed by atoms with Gasteiger partial charge in [0, 0.05) is 20.1 Å². The molecule has 0 aliphatic carbocycles. The van der Waals surface area contributed by atoms with E-state index >= 15 is 0 Å². The Kier molecular flexibility index (Phi) is 3.54. The van der Waals surface area contributed by atoms with Crippen LogP contribution in [0.1, 0.15) is 41.9 Å². The molecule has 0 radical (unpaired) electrons. The van der Waals surface area contributed by atoms with E-state index in [0.717, 1.165) is 44.7 Å². The lowest BCUT2D eigenvalue weighted by Crippen LogP contribution is -2.47. The summed E-state index contributed by atoms with van der Waals surface area (Å²) in [5.74, 6) is 0.136. The third-order valence-corrected chi connectivity index (χ3v) is 5.00. The minimum absolute atomic E-state index is 0.136. The van der Waals surface area contributed by atoms with Crippen LogP contribution in [0.3, 0.4) is 0 Å². The van der Waals surface area contributed by atoms with Crippen LogP contribution in [0.15, 0.2) is 6.07 Å². The molecule has 2 aliphatic heterocycles. The van der Waals surface area contributed by atoms with E-state index < -0.39 is 0 Å². The molecule has 1 amide bonds. The summed E-state index contributed by atoms with van der Waals surface area (Å²) in [4.78, 5) is 14.6. The molecule has 0 unspecified atom stereocenters. The first kappa shape index (κ1) is 13.6. The van der Waals surface area contributed by atoms with Gasteiger partial charge in [0.15, 0.2) is 0 Å². The van der Waals surface area contributed by atoms with Crippen molar-refractivity contribution in [2.45, 2.75) is 32.6 Å². The number of likely N-dealkylation sites (tertiary alicyclic amines) is 1. The average molecular weight is 276 g/mol. The van der Waals surface area contributed by atoms with Crippen LogP contribution < -0.4 is 5.32 Å². The predicted molar refractivity (Wildman–Crippen MR) is 77.6 cm³/mol. The summed E-state index contributed by atoms with van der Waals surface area (Å²) in [7, 11) is 1.85. The van der Waals surface area contributed by atoms with Gasteiger partial charge in [-0.3, -0.25) is 9.48 Å². The number of amides is 1. The zero-order valence-corrected chi connectivity index (χ0v) is 12.5. The standard InChI is InChI=1S/C15H24N4O/c1-12-11-13(18(2)17-12)14(20)19-9-5-15(6-10-19)3-7-16-8-4-15/h11,16H,3-10H2,1-2H3. The number of aromatic nitrogens is 2. The molecule has 5 nitrogen and oxygen atoms in total. The van der Waals surface area contributed by atoms with Crippen LogP contribution in [0.2, 0.25) is 0 Å². The molecule has 2 fully saturated rings. The van der Waals surface area contributed by atoms with Crippen molar-refractivity contribution in [3.05, 3.63) is 17.5 Å². The van der Waals surface area contributed by atoms with Crippen molar-refractivity contribution in [2.75, 3.05) is 26.2 Å².